The smallest absolute Gasteiger partial charge is 0.330 e. The highest BCUT2D eigenvalue weighted by Gasteiger charge is 2.16. The number of allylic oxidation sites excluding steroid dienone is 1. The van der Waals surface area contributed by atoms with Crippen molar-refractivity contribution in [1.82, 2.24) is 5.32 Å². The van der Waals surface area contributed by atoms with Crippen molar-refractivity contribution in [2.75, 3.05) is 26.4 Å². The third-order valence-corrected chi connectivity index (χ3v) is 21.4. The molecular weight excluding hydrogens is 1230 g/mol. The Morgan fingerprint density at radius 1 is 0.260 bits per heavy atom. The zero-order valence-corrected chi connectivity index (χ0v) is 69.1. The Balaban J connectivity index is 0. The van der Waals surface area contributed by atoms with E-state index in [9.17, 15) is 19.2 Å². The molecule has 0 aliphatic rings. The van der Waals surface area contributed by atoms with Crippen LogP contribution in [-0.4, -0.2) is 56.1 Å². The van der Waals surface area contributed by atoms with Crippen LogP contribution in [0.4, 0.5) is 0 Å². The predicted molar refractivity (Wildman–Crippen MR) is 438 cm³/mol. The minimum absolute atomic E-state index is 0.0210. The van der Waals surface area contributed by atoms with E-state index in [1.807, 2.05) is 0 Å². The van der Waals surface area contributed by atoms with Crippen LogP contribution in [0.3, 0.4) is 0 Å². The van der Waals surface area contributed by atoms with E-state index in [2.05, 4.69) is 66.8 Å². The fraction of sp³-hybridized carbons (Fsp3) is 0.935. The van der Waals surface area contributed by atoms with E-state index in [1.165, 1.54) is 366 Å². The molecule has 0 radical (unpaired) electrons. The summed E-state index contributed by atoms with van der Waals surface area (Å²) in [6.07, 6.45) is 89.5. The number of rotatable bonds is 82. The summed E-state index contributed by atoms with van der Waals surface area (Å²) in [5.41, 5.74) is 0. The highest BCUT2D eigenvalue weighted by molar-refractivity contribution is 5.81. The lowest BCUT2D eigenvalue weighted by Crippen LogP contribution is -2.30. The molecular formula is C92H179NO7. The van der Waals surface area contributed by atoms with Crippen LogP contribution >= 0.6 is 0 Å². The third-order valence-electron chi connectivity index (χ3n) is 21.4. The van der Waals surface area contributed by atoms with Crippen LogP contribution in [0.5, 0.6) is 0 Å². The predicted octanol–water partition coefficient (Wildman–Crippen LogP) is 30.0. The van der Waals surface area contributed by atoms with Gasteiger partial charge in [-0.3, -0.25) is 14.4 Å². The molecule has 0 saturated heterocycles. The van der Waals surface area contributed by atoms with Crippen molar-refractivity contribution in [2.24, 2.45) is 17.8 Å². The first-order valence-electron chi connectivity index (χ1n) is 45.5. The maximum Gasteiger partial charge on any atom is 0.330 e. The molecule has 0 saturated carbocycles. The normalized spacial score (nSPS) is 12.8. The van der Waals surface area contributed by atoms with Crippen molar-refractivity contribution in [2.45, 2.75) is 511 Å². The van der Waals surface area contributed by atoms with Crippen molar-refractivity contribution < 1.29 is 33.4 Å². The molecule has 0 aromatic heterocycles. The molecule has 0 aromatic rings. The van der Waals surface area contributed by atoms with Crippen LogP contribution < -0.4 is 5.32 Å². The molecule has 0 fully saturated rings. The Kier molecular flexibility index (Phi) is 85.6. The molecule has 0 heterocycles. The summed E-state index contributed by atoms with van der Waals surface area (Å²) in [6.45, 7) is 21.1. The third kappa shape index (κ3) is 79.9. The van der Waals surface area contributed by atoms with Gasteiger partial charge in [-0.1, -0.05) is 389 Å². The number of ketones is 1. The number of ether oxygens (including phenoxy) is 3. The standard InChI is InChI=1S/C58H113NO4.C34H66O3/c1-6-11-16-21-24-25-29-38-47-56(48-39-31-32-41-50-58(61)63-53-55(44-35-20-15-10-5)46-37-28-23-18-13-8-3)59-51-42-33-26-30-40-49-57(60)62-52-54(43-34-19-14-9-4)45-36-27-22-17-12-7-2;1-4-7-10-13-15-16-18-23-28-33(35)29-24-19-20-25-30-34(36)37-31-32(26-21-12-9-6-3)27-22-17-14-11-8-5-2/h41,50,54-56,59H,6-40,42-49,51-53H2,1-5H3;32H,4-31H2,1-3H3. The van der Waals surface area contributed by atoms with E-state index in [-0.39, 0.29) is 17.9 Å². The quantitative estimate of drug-likeness (QED) is 0.0278. The molecule has 8 heteroatoms. The monoisotopic (exact) mass is 1410 g/mol. The van der Waals surface area contributed by atoms with E-state index in [4.69, 9.17) is 14.2 Å². The van der Waals surface area contributed by atoms with Gasteiger partial charge in [-0.25, -0.2) is 4.79 Å². The van der Waals surface area contributed by atoms with E-state index < -0.39 is 0 Å². The number of hydrogen-bond donors (Lipinski definition) is 1. The summed E-state index contributed by atoms with van der Waals surface area (Å²) < 4.78 is 17.3. The molecule has 0 spiro atoms. The van der Waals surface area contributed by atoms with Gasteiger partial charge in [0, 0.05) is 37.8 Å². The van der Waals surface area contributed by atoms with Crippen molar-refractivity contribution in [1.29, 1.82) is 0 Å². The average molecular weight is 1410 g/mol. The number of carbonyl (C=O) groups excluding carboxylic acids is 4. The van der Waals surface area contributed by atoms with Gasteiger partial charge in [0.25, 0.3) is 0 Å². The molecule has 4 unspecified atom stereocenters. The second kappa shape index (κ2) is 85.7. The number of esters is 3. The van der Waals surface area contributed by atoms with E-state index in [0.29, 0.717) is 62.2 Å². The molecule has 0 aromatic carbocycles. The first-order valence-corrected chi connectivity index (χ1v) is 45.5. The summed E-state index contributed by atoms with van der Waals surface area (Å²) in [6, 6.07) is 0.589. The molecule has 0 bridgehead atoms. The van der Waals surface area contributed by atoms with Gasteiger partial charge in [-0.2, -0.15) is 0 Å². The minimum atomic E-state index is -0.151. The highest BCUT2D eigenvalue weighted by Crippen LogP contribution is 2.25. The second-order valence-corrected chi connectivity index (χ2v) is 31.6. The molecule has 0 aliphatic carbocycles. The lowest BCUT2D eigenvalue weighted by molar-refractivity contribution is -0.146. The van der Waals surface area contributed by atoms with Gasteiger partial charge >= 0.3 is 17.9 Å². The lowest BCUT2D eigenvalue weighted by atomic mass is 9.95. The van der Waals surface area contributed by atoms with Gasteiger partial charge in [-0.05, 0) is 121 Å². The summed E-state index contributed by atoms with van der Waals surface area (Å²) in [4.78, 5) is 49.6. The summed E-state index contributed by atoms with van der Waals surface area (Å²) in [7, 11) is 0. The zero-order valence-electron chi connectivity index (χ0n) is 69.1. The van der Waals surface area contributed by atoms with E-state index in [1.54, 1.807) is 6.08 Å². The van der Waals surface area contributed by atoms with Gasteiger partial charge in [-0.15, -0.1) is 0 Å². The lowest BCUT2D eigenvalue weighted by Gasteiger charge is -2.19. The molecule has 4 atom stereocenters. The Morgan fingerprint density at radius 3 is 0.820 bits per heavy atom. The van der Waals surface area contributed by atoms with Crippen LogP contribution in [0.25, 0.3) is 0 Å². The molecule has 100 heavy (non-hydrogen) atoms. The molecule has 1 N–H and O–H groups in total. The van der Waals surface area contributed by atoms with Crippen molar-refractivity contribution in [3.8, 4) is 0 Å². The van der Waals surface area contributed by atoms with Gasteiger partial charge in [0.1, 0.15) is 5.78 Å². The molecule has 0 rings (SSSR count). The second-order valence-electron chi connectivity index (χ2n) is 31.6. The van der Waals surface area contributed by atoms with Crippen LogP contribution in [0.1, 0.15) is 505 Å². The average Bonchev–Trinajstić information content (AvgIpc) is 3.38. The maximum absolute atomic E-state index is 12.6. The van der Waals surface area contributed by atoms with Crippen LogP contribution in [-0.2, 0) is 33.4 Å². The number of hydrogen-bond acceptors (Lipinski definition) is 8. The molecule has 8 nitrogen and oxygen atoms in total. The fourth-order valence-electron chi connectivity index (χ4n) is 14.4. The number of Topliss-reactive ketones (excluding diaryl/α,β-unsaturated/α-hetero) is 1. The van der Waals surface area contributed by atoms with Gasteiger partial charge in [0.2, 0.25) is 0 Å². The molecule has 0 aliphatic heterocycles. The van der Waals surface area contributed by atoms with Crippen LogP contribution in [0, 0.1) is 17.8 Å². The Morgan fingerprint density at radius 2 is 0.500 bits per heavy atom. The summed E-state index contributed by atoms with van der Waals surface area (Å²) in [5.74, 6) is 1.88. The van der Waals surface area contributed by atoms with Crippen molar-refractivity contribution in [3.05, 3.63) is 12.2 Å². The minimum Gasteiger partial charge on any atom is -0.465 e. The van der Waals surface area contributed by atoms with Crippen LogP contribution in [0.15, 0.2) is 12.2 Å². The first kappa shape index (κ1) is 99.8. The maximum atomic E-state index is 12.6. The number of unbranched alkanes of at least 4 members (excludes halogenated alkanes) is 47. The zero-order chi connectivity index (χ0) is 73.2. The number of carbonyl (C=O) groups is 4. The molecule has 594 valence electrons. The van der Waals surface area contributed by atoms with Crippen molar-refractivity contribution >= 4 is 23.7 Å². The Hall–Kier alpha value is -2.22. The highest BCUT2D eigenvalue weighted by atomic mass is 16.5. The van der Waals surface area contributed by atoms with Crippen molar-refractivity contribution in [3.63, 3.8) is 0 Å². The van der Waals surface area contributed by atoms with Gasteiger partial charge < -0.3 is 19.5 Å². The van der Waals surface area contributed by atoms with Gasteiger partial charge in [0.05, 0.1) is 19.8 Å². The Labute approximate surface area is 626 Å². The van der Waals surface area contributed by atoms with Crippen LogP contribution in [0.2, 0.25) is 0 Å². The summed E-state index contributed by atoms with van der Waals surface area (Å²) >= 11 is 0. The molecule has 0 amide bonds. The topological polar surface area (TPSA) is 108 Å². The largest absolute Gasteiger partial charge is 0.465 e. The first-order chi connectivity index (χ1) is 49.1. The fourth-order valence-corrected chi connectivity index (χ4v) is 14.4. The number of nitrogens with one attached hydrogen (secondary N) is 1. The van der Waals surface area contributed by atoms with E-state index in [0.717, 1.165) is 77.2 Å². The van der Waals surface area contributed by atoms with Gasteiger partial charge in [0.15, 0.2) is 0 Å². The Bertz CT molecular complexity index is 1670. The van der Waals surface area contributed by atoms with E-state index >= 15 is 0 Å². The SMILES string of the molecule is CCCCCCCCCCC(=O)CCCCCCC(=O)OCC(CCCCCC)CCCCCCCC.CCCCCCCCCCC(CCCCC=CC(=O)OCC(CCCCCC)CCCCCCCC)NCCCCCCCC(=O)OCC(CCCCCC)CCCCCCCC. The summed E-state index contributed by atoms with van der Waals surface area (Å²) in [5, 5.41) is 3.94.